The van der Waals surface area contributed by atoms with Crippen LogP contribution in [0.25, 0.3) is 0 Å². The van der Waals surface area contributed by atoms with Crippen molar-refractivity contribution in [2.24, 2.45) is 0 Å². The first-order valence-corrected chi connectivity index (χ1v) is 10.7. The number of anilines is 1. The Hall–Kier alpha value is -1.57. The highest BCUT2D eigenvalue weighted by molar-refractivity contribution is 7.80. The van der Waals surface area contributed by atoms with Crippen molar-refractivity contribution in [3.63, 3.8) is 0 Å². The highest BCUT2D eigenvalue weighted by atomic mass is 35.5. The summed E-state index contributed by atoms with van der Waals surface area (Å²) >= 11 is 17.9. The molecule has 29 heavy (non-hydrogen) atoms. The number of nitrogens with one attached hydrogen (secondary N) is 1. The number of halogens is 2. The van der Waals surface area contributed by atoms with E-state index in [0.717, 1.165) is 56.4 Å². The third kappa shape index (κ3) is 6.73. The van der Waals surface area contributed by atoms with E-state index in [1.807, 2.05) is 18.2 Å². The predicted molar refractivity (Wildman–Crippen MR) is 123 cm³/mol. The van der Waals surface area contributed by atoms with Gasteiger partial charge in [-0.3, -0.25) is 4.90 Å². The number of rotatable bonds is 7. The van der Waals surface area contributed by atoms with Crippen LogP contribution in [0.15, 0.2) is 42.5 Å². The molecule has 1 heterocycles. The number of thiocarbonyl (C=S) groups is 1. The van der Waals surface area contributed by atoms with Crippen molar-refractivity contribution in [2.75, 3.05) is 51.8 Å². The fourth-order valence-electron chi connectivity index (χ4n) is 3.07. The molecule has 1 aliphatic heterocycles. The van der Waals surface area contributed by atoms with Crippen molar-refractivity contribution in [1.29, 1.82) is 0 Å². The summed E-state index contributed by atoms with van der Waals surface area (Å²) in [5.74, 6) is 0.838. The smallest absolute Gasteiger partial charge is 0.173 e. The molecule has 2 aromatic carbocycles. The minimum atomic E-state index is 0.495. The van der Waals surface area contributed by atoms with Gasteiger partial charge in [0.25, 0.3) is 0 Å². The Bertz CT molecular complexity index is 814. The van der Waals surface area contributed by atoms with Crippen molar-refractivity contribution in [1.82, 2.24) is 9.80 Å². The van der Waals surface area contributed by atoms with Gasteiger partial charge in [0.2, 0.25) is 0 Å². The number of ether oxygens (including phenoxy) is 2. The third-order valence-electron chi connectivity index (χ3n) is 4.78. The molecule has 0 saturated carbocycles. The number of hydrogen-bond acceptors (Lipinski definition) is 4. The van der Waals surface area contributed by atoms with Crippen LogP contribution in [0.3, 0.4) is 0 Å². The number of benzene rings is 2. The third-order valence-corrected chi connectivity index (χ3v) is 5.88. The Balaban J connectivity index is 1.68. The van der Waals surface area contributed by atoms with E-state index in [1.54, 1.807) is 19.2 Å². The van der Waals surface area contributed by atoms with Crippen molar-refractivity contribution in [3.8, 4) is 5.75 Å². The Morgan fingerprint density at radius 3 is 2.52 bits per heavy atom. The van der Waals surface area contributed by atoms with Crippen LogP contribution < -0.4 is 10.1 Å². The number of methoxy groups -OCH3 is 1. The van der Waals surface area contributed by atoms with Gasteiger partial charge in [-0.15, -0.1) is 0 Å². The topological polar surface area (TPSA) is 37.0 Å². The quantitative estimate of drug-likeness (QED) is 0.620. The highest BCUT2D eigenvalue weighted by Gasteiger charge is 2.15. The lowest BCUT2D eigenvalue weighted by atomic mass is 10.2. The molecule has 0 radical (unpaired) electrons. The summed E-state index contributed by atoms with van der Waals surface area (Å²) in [5.41, 5.74) is 1.97. The molecule has 1 aliphatic rings. The van der Waals surface area contributed by atoms with E-state index >= 15 is 0 Å². The van der Waals surface area contributed by atoms with Crippen LogP contribution in [0.1, 0.15) is 5.56 Å². The van der Waals surface area contributed by atoms with Crippen LogP contribution >= 0.6 is 35.4 Å². The molecular formula is C21H25Cl2N3O2S. The van der Waals surface area contributed by atoms with Crippen LogP contribution in [0.2, 0.25) is 10.0 Å². The van der Waals surface area contributed by atoms with Crippen LogP contribution in [-0.2, 0) is 11.3 Å². The second-order valence-electron chi connectivity index (χ2n) is 6.78. The molecule has 8 heteroatoms. The zero-order chi connectivity index (χ0) is 20.6. The summed E-state index contributed by atoms with van der Waals surface area (Å²) in [6.07, 6.45) is 0. The first-order chi connectivity index (χ1) is 14.0. The summed E-state index contributed by atoms with van der Waals surface area (Å²) in [5, 5.41) is 4.95. The van der Waals surface area contributed by atoms with E-state index < -0.39 is 0 Å². The zero-order valence-electron chi connectivity index (χ0n) is 16.4. The second-order valence-corrected chi connectivity index (χ2v) is 7.98. The SMILES string of the molecule is COc1ccc(CN(CCN2CCOCC2)C(=S)Nc2ccc(Cl)c(Cl)c2)cc1. The maximum absolute atomic E-state index is 6.14. The summed E-state index contributed by atoms with van der Waals surface area (Å²) in [6.45, 7) is 5.88. The van der Waals surface area contributed by atoms with E-state index in [1.165, 1.54) is 0 Å². The second kappa shape index (κ2) is 11.0. The molecule has 0 aromatic heterocycles. The van der Waals surface area contributed by atoms with E-state index in [2.05, 4.69) is 27.2 Å². The summed E-state index contributed by atoms with van der Waals surface area (Å²) in [7, 11) is 1.67. The van der Waals surface area contributed by atoms with Gasteiger partial charge in [-0.1, -0.05) is 35.3 Å². The molecule has 5 nitrogen and oxygen atoms in total. The van der Waals surface area contributed by atoms with Crippen LogP contribution in [-0.4, -0.2) is 61.4 Å². The Labute approximate surface area is 187 Å². The number of hydrogen-bond donors (Lipinski definition) is 1. The average molecular weight is 454 g/mol. The first kappa shape index (κ1) is 22.1. The summed E-state index contributed by atoms with van der Waals surface area (Å²) < 4.78 is 10.7. The average Bonchev–Trinajstić information content (AvgIpc) is 2.75. The molecule has 0 unspecified atom stereocenters. The summed E-state index contributed by atoms with van der Waals surface area (Å²) in [6, 6.07) is 13.5. The molecule has 0 bridgehead atoms. The molecule has 0 aliphatic carbocycles. The van der Waals surface area contributed by atoms with Crippen molar-refractivity contribution in [2.45, 2.75) is 6.54 Å². The van der Waals surface area contributed by atoms with E-state index in [0.29, 0.717) is 21.7 Å². The fourth-order valence-corrected chi connectivity index (χ4v) is 3.64. The lowest BCUT2D eigenvalue weighted by molar-refractivity contribution is 0.0358. The monoisotopic (exact) mass is 453 g/mol. The lowest BCUT2D eigenvalue weighted by Gasteiger charge is -2.31. The minimum absolute atomic E-state index is 0.495. The molecule has 3 rings (SSSR count). The van der Waals surface area contributed by atoms with Gasteiger partial charge in [-0.05, 0) is 48.1 Å². The molecule has 156 valence electrons. The Morgan fingerprint density at radius 2 is 1.86 bits per heavy atom. The van der Waals surface area contributed by atoms with Gasteiger partial charge < -0.3 is 19.7 Å². The van der Waals surface area contributed by atoms with Crippen LogP contribution in [0, 0.1) is 0 Å². The van der Waals surface area contributed by atoms with Crippen LogP contribution in [0.5, 0.6) is 5.75 Å². The Kier molecular flexibility index (Phi) is 8.39. The summed E-state index contributed by atoms with van der Waals surface area (Å²) in [4.78, 5) is 4.56. The van der Waals surface area contributed by atoms with Crippen LogP contribution in [0.4, 0.5) is 5.69 Å². The van der Waals surface area contributed by atoms with Crippen molar-refractivity contribution >= 4 is 46.2 Å². The molecule has 1 fully saturated rings. The van der Waals surface area contributed by atoms with Crippen molar-refractivity contribution in [3.05, 3.63) is 58.1 Å². The Morgan fingerprint density at radius 1 is 1.14 bits per heavy atom. The largest absolute Gasteiger partial charge is 0.497 e. The van der Waals surface area contributed by atoms with Gasteiger partial charge in [0, 0.05) is 38.4 Å². The highest BCUT2D eigenvalue weighted by Crippen LogP contribution is 2.25. The van der Waals surface area contributed by atoms with E-state index in [4.69, 9.17) is 44.9 Å². The van der Waals surface area contributed by atoms with Gasteiger partial charge in [-0.25, -0.2) is 0 Å². The molecule has 2 aromatic rings. The lowest BCUT2D eigenvalue weighted by Crippen LogP contribution is -2.43. The van der Waals surface area contributed by atoms with Crippen molar-refractivity contribution < 1.29 is 9.47 Å². The molecular weight excluding hydrogens is 429 g/mol. The van der Waals surface area contributed by atoms with Gasteiger partial charge >= 0.3 is 0 Å². The molecule has 0 atom stereocenters. The number of nitrogens with zero attached hydrogens (tertiary/aromatic N) is 2. The van der Waals surface area contributed by atoms with E-state index in [9.17, 15) is 0 Å². The first-order valence-electron chi connectivity index (χ1n) is 9.49. The van der Waals surface area contributed by atoms with Gasteiger partial charge in [0.1, 0.15) is 5.75 Å². The standard InChI is InChI=1S/C21H25Cl2N3O2S/c1-27-18-5-2-16(3-6-18)15-26(9-8-25-10-12-28-13-11-25)21(29)24-17-4-7-19(22)20(23)14-17/h2-7,14H,8-13,15H2,1H3,(H,24,29). The molecule has 1 N–H and O–H groups in total. The van der Waals surface area contributed by atoms with Gasteiger partial charge in [0.15, 0.2) is 5.11 Å². The molecule has 0 spiro atoms. The minimum Gasteiger partial charge on any atom is -0.497 e. The van der Waals surface area contributed by atoms with Gasteiger partial charge in [-0.2, -0.15) is 0 Å². The maximum atomic E-state index is 6.14. The zero-order valence-corrected chi connectivity index (χ0v) is 18.7. The molecule has 1 saturated heterocycles. The van der Waals surface area contributed by atoms with E-state index in [-0.39, 0.29) is 0 Å². The maximum Gasteiger partial charge on any atom is 0.173 e. The van der Waals surface area contributed by atoms with Gasteiger partial charge in [0.05, 0.1) is 30.4 Å². The fraction of sp³-hybridized carbons (Fsp3) is 0.381. The molecule has 0 amide bonds. The number of morpholine rings is 1. The normalized spacial score (nSPS) is 14.4. The predicted octanol–water partition coefficient (Wildman–Crippen LogP) is 4.53.